The SMILES string of the molecule is COCCN(C(=O)C1NCCC1C)C(C)COC. The molecular formula is C13H26N2O3. The predicted molar refractivity (Wildman–Crippen MR) is 70.5 cm³/mol. The lowest BCUT2D eigenvalue weighted by molar-refractivity contribution is -0.137. The average Bonchev–Trinajstić information content (AvgIpc) is 2.76. The molecule has 1 aliphatic heterocycles. The van der Waals surface area contributed by atoms with E-state index in [1.54, 1.807) is 14.2 Å². The molecule has 0 spiro atoms. The molecule has 1 fully saturated rings. The first-order valence-electron chi connectivity index (χ1n) is 6.63. The van der Waals surface area contributed by atoms with Gasteiger partial charge in [0, 0.05) is 20.8 Å². The van der Waals surface area contributed by atoms with E-state index in [0.717, 1.165) is 13.0 Å². The number of carbonyl (C=O) groups excluding carboxylic acids is 1. The lowest BCUT2D eigenvalue weighted by Gasteiger charge is -2.32. The van der Waals surface area contributed by atoms with Gasteiger partial charge in [-0.15, -0.1) is 0 Å². The maximum Gasteiger partial charge on any atom is 0.240 e. The molecular weight excluding hydrogens is 232 g/mol. The van der Waals surface area contributed by atoms with Gasteiger partial charge in [0.1, 0.15) is 0 Å². The Morgan fingerprint density at radius 2 is 2.17 bits per heavy atom. The summed E-state index contributed by atoms with van der Waals surface area (Å²) in [6.45, 7) is 6.78. The molecule has 0 saturated carbocycles. The van der Waals surface area contributed by atoms with E-state index < -0.39 is 0 Å². The Hall–Kier alpha value is -0.650. The lowest BCUT2D eigenvalue weighted by atomic mass is 10.0. The fourth-order valence-corrected chi connectivity index (χ4v) is 2.41. The fraction of sp³-hybridized carbons (Fsp3) is 0.923. The van der Waals surface area contributed by atoms with Crippen LogP contribution in [0.3, 0.4) is 0 Å². The van der Waals surface area contributed by atoms with Gasteiger partial charge in [-0.3, -0.25) is 4.79 Å². The summed E-state index contributed by atoms with van der Waals surface area (Å²) in [6, 6.07) is 0.0217. The first-order chi connectivity index (χ1) is 8.61. The topological polar surface area (TPSA) is 50.8 Å². The van der Waals surface area contributed by atoms with E-state index in [9.17, 15) is 4.79 Å². The molecule has 1 N–H and O–H groups in total. The van der Waals surface area contributed by atoms with Crippen LogP contribution in [0.15, 0.2) is 0 Å². The molecule has 5 nitrogen and oxygen atoms in total. The van der Waals surface area contributed by atoms with Crippen molar-refractivity contribution in [1.82, 2.24) is 10.2 Å². The minimum atomic E-state index is -0.0545. The molecule has 1 heterocycles. The zero-order valence-electron chi connectivity index (χ0n) is 11.9. The number of hydrogen-bond acceptors (Lipinski definition) is 4. The molecule has 0 radical (unpaired) electrons. The number of hydrogen-bond donors (Lipinski definition) is 1. The number of ether oxygens (including phenoxy) is 2. The van der Waals surface area contributed by atoms with Crippen LogP contribution in [0.5, 0.6) is 0 Å². The second-order valence-corrected chi connectivity index (χ2v) is 5.03. The highest BCUT2D eigenvalue weighted by molar-refractivity contribution is 5.82. The van der Waals surface area contributed by atoms with E-state index >= 15 is 0 Å². The minimum absolute atomic E-state index is 0.0545. The van der Waals surface area contributed by atoms with Gasteiger partial charge in [-0.25, -0.2) is 0 Å². The molecule has 1 amide bonds. The van der Waals surface area contributed by atoms with Crippen LogP contribution in [0.2, 0.25) is 0 Å². The molecule has 1 saturated heterocycles. The van der Waals surface area contributed by atoms with Gasteiger partial charge in [0.15, 0.2) is 0 Å². The third-order valence-electron chi connectivity index (χ3n) is 3.56. The summed E-state index contributed by atoms with van der Waals surface area (Å²) >= 11 is 0. The standard InChI is InChI=1S/C13H26N2O3/c1-10-5-6-14-12(10)13(16)15(7-8-17-3)11(2)9-18-4/h10-12,14H,5-9H2,1-4H3. The zero-order chi connectivity index (χ0) is 13.5. The van der Waals surface area contributed by atoms with Crippen molar-refractivity contribution in [3.8, 4) is 0 Å². The van der Waals surface area contributed by atoms with Crippen molar-refractivity contribution in [1.29, 1.82) is 0 Å². The molecule has 18 heavy (non-hydrogen) atoms. The van der Waals surface area contributed by atoms with Crippen LogP contribution in [0, 0.1) is 5.92 Å². The normalized spacial score (nSPS) is 25.1. The quantitative estimate of drug-likeness (QED) is 0.722. The highest BCUT2D eigenvalue weighted by Crippen LogP contribution is 2.17. The Morgan fingerprint density at radius 1 is 1.44 bits per heavy atom. The van der Waals surface area contributed by atoms with Crippen molar-refractivity contribution in [3.63, 3.8) is 0 Å². The van der Waals surface area contributed by atoms with Gasteiger partial charge in [-0.2, -0.15) is 0 Å². The smallest absolute Gasteiger partial charge is 0.240 e. The molecule has 3 atom stereocenters. The molecule has 3 unspecified atom stereocenters. The van der Waals surface area contributed by atoms with Gasteiger partial charge in [0.05, 0.1) is 25.3 Å². The zero-order valence-corrected chi connectivity index (χ0v) is 11.9. The van der Waals surface area contributed by atoms with Gasteiger partial charge in [-0.1, -0.05) is 6.92 Å². The van der Waals surface area contributed by atoms with E-state index in [0.29, 0.717) is 25.7 Å². The molecule has 106 valence electrons. The predicted octanol–water partition coefficient (Wildman–Crippen LogP) is 0.494. The molecule has 0 aromatic heterocycles. The Bertz CT molecular complexity index is 261. The van der Waals surface area contributed by atoms with Crippen LogP contribution >= 0.6 is 0 Å². The number of nitrogens with zero attached hydrogens (tertiary/aromatic N) is 1. The van der Waals surface area contributed by atoms with E-state index in [1.165, 1.54) is 0 Å². The van der Waals surface area contributed by atoms with E-state index in [2.05, 4.69) is 12.2 Å². The van der Waals surface area contributed by atoms with Crippen molar-refractivity contribution in [3.05, 3.63) is 0 Å². The Morgan fingerprint density at radius 3 is 2.67 bits per heavy atom. The maximum atomic E-state index is 12.5. The maximum absolute atomic E-state index is 12.5. The van der Waals surface area contributed by atoms with E-state index in [4.69, 9.17) is 9.47 Å². The number of amides is 1. The molecule has 0 aliphatic carbocycles. The van der Waals surface area contributed by atoms with Crippen LogP contribution in [0.1, 0.15) is 20.3 Å². The van der Waals surface area contributed by atoms with Gasteiger partial charge < -0.3 is 19.7 Å². The van der Waals surface area contributed by atoms with Crippen LogP contribution in [-0.2, 0) is 14.3 Å². The first kappa shape index (κ1) is 15.4. The van der Waals surface area contributed by atoms with Crippen LogP contribution in [0.25, 0.3) is 0 Å². The monoisotopic (exact) mass is 258 g/mol. The number of rotatable bonds is 7. The fourth-order valence-electron chi connectivity index (χ4n) is 2.41. The van der Waals surface area contributed by atoms with Crippen LogP contribution in [0.4, 0.5) is 0 Å². The summed E-state index contributed by atoms with van der Waals surface area (Å²) in [7, 11) is 3.31. The summed E-state index contributed by atoms with van der Waals surface area (Å²) in [5.74, 6) is 0.568. The van der Waals surface area contributed by atoms with Crippen molar-refractivity contribution in [2.24, 2.45) is 5.92 Å². The molecule has 0 aromatic rings. The van der Waals surface area contributed by atoms with Gasteiger partial charge in [-0.05, 0) is 25.8 Å². The summed E-state index contributed by atoms with van der Waals surface area (Å²) in [5, 5.41) is 3.29. The Balaban J connectivity index is 2.65. The average molecular weight is 258 g/mol. The van der Waals surface area contributed by atoms with Crippen LogP contribution in [-0.4, -0.2) is 63.4 Å². The third-order valence-corrected chi connectivity index (χ3v) is 3.56. The number of carbonyl (C=O) groups is 1. The van der Waals surface area contributed by atoms with Crippen molar-refractivity contribution in [2.75, 3.05) is 40.5 Å². The second-order valence-electron chi connectivity index (χ2n) is 5.03. The summed E-state index contributed by atoms with van der Waals surface area (Å²) in [4.78, 5) is 14.4. The molecule has 0 aromatic carbocycles. The summed E-state index contributed by atoms with van der Waals surface area (Å²) in [5.41, 5.74) is 0. The number of methoxy groups -OCH3 is 2. The van der Waals surface area contributed by atoms with Crippen molar-refractivity contribution in [2.45, 2.75) is 32.4 Å². The van der Waals surface area contributed by atoms with E-state index in [1.807, 2.05) is 11.8 Å². The van der Waals surface area contributed by atoms with Crippen molar-refractivity contribution < 1.29 is 14.3 Å². The Labute approximate surface area is 110 Å². The Kier molecular flexibility index (Phi) is 6.60. The highest BCUT2D eigenvalue weighted by atomic mass is 16.5. The van der Waals surface area contributed by atoms with Gasteiger partial charge in [0.2, 0.25) is 5.91 Å². The summed E-state index contributed by atoms with van der Waals surface area (Å²) in [6.07, 6.45) is 1.06. The number of nitrogens with one attached hydrogen (secondary N) is 1. The van der Waals surface area contributed by atoms with Gasteiger partial charge >= 0.3 is 0 Å². The third kappa shape index (κ3) is 3.93. The molecule has 0 bridgehead atoms. The lowest BCUT2D eigenvalue weighted by Crippen LogP contribution is -2.51. The van der Waals surface area contributed by atoms with Gasteiger partial charge in [0.25, 0.3) is 0 Å². The first-order valence-corrected chi connectivity index (χ1v) is 6.63. The van der Waals surface area contributed by atoms with Crippen LogP contribution < -0.4 is 5.32 Å². The van der Waals surface area contributed by atoms with Crippen molar-refractivity contribution >= 4 is 5.91 Å². The molecule has 1 aliphatic rings. The molecule has 5 heteroatoms. The summed E-state index contributed by atoms with van der Waals surface area (Å²) < 4.78 is 10.2. The molecule has 1 rings (SSSR count). The highest BCUT2D eigenvalue weighted by Gasteiger charge is 2.34. The second kappa shape index (κ2) is 7.71. The van der Waals surface area contributed by atoms with E-state index in [-0.39, 0.29) is 18.0 Å². The largest absolute Gasteiger partial charge is 0.383 e. The minimum Gasteiger partial charge on any atom is -0.383 e.